The Morgan fingerprint density at radius 1 is 1.22 bits per heavy atom. The van der Waals surface area contributed by atoms with Gasteiger partial charge in [-0.15, -0.1) is 0 Å². The van der Waals surface area contributed by atoms with Gasteiger partial charge < -0.3 is 15.2 Å². The van der Waals surface area contributed by atoms with Gasteiger partial charge in [-0.3, -0.25) is 4.90 Å². The molecule has 1 heterocycles. The van der Waals surface area contributed by atoms with Crippen molar-refractivity contribution in [3.8, 4) is 0 Å². The van der Waals surface area contributed by atoms with Gasteiger partial charge in [-0.25, -0.2) is 0 Å². The van der Waals surface area contributed by atoms with Crippen LogP contribution in [-0.4, -0.2) is 55.0 Å². The van der Waals surface area contributed by atoms with Gasteiger partial charge in [-0.1, -0.05) is 6.92 Å². The highest BCUT2D eigenvalue weighted by Crippen LogP contribution is 2.33. The van der Waals surface area contributed by atoms with Crippen LogP contribution in [0.3, 0.4) is 0 Å². The Bertz CT molecular complexity index is 257. The number of hydrogen-bond donors (Lipinski definition) is 1. The third-order valence-electron chi connectivity index (χ3n) is 3.82. The molecular weight excluding hydrogens is 228 g/mol. The van der Waals surface area contributed by atoms with Crippen molar-refractivity contribution in [3.05, 3.63) is 0 Å². The first kappa shape index (κ1) is 15.9. The van der Waals surface area contributed by atoms with Gasteiger partial charge in [0.05, 0.1) is 23.3 Å². The summed E-state index contributed by atoms with van der Waals surface area (Å²) in [6.07, 6.45) is 0.990. The smallest absolute Gasteiger partial charge is 0.0761 e. The summed E-state index contributed by atoms with van der Waals surface area (Å²) in [7, 11) is 1.75. The molecule has 108 valence electrons. The zero-order valence-corrected chi connectivity index (χ0v) is 12.9. The molecule has 0 aromatic heterocycles. The van der Waals surface area contributed by atoms with Gasteiger partial charge in [0.2, 0.25) is 0 Å². The van der Waals surface area contributed by atoms with E-state index in [2.05, 4.69) is 39.5 Å². The van der Waals surface area contributed by atoms with E-state index < -0.39 is 0 Å². The molecule has 0 aliphatic carbocycles. The first-order valence-electron chi connectivity index (χ1n) is 6.84. The minimum absolute atomic E-state index is 0.0763. The Morgan fingerprint density at radius 2 is 1.72 bits per heavy atom. The second kappa shape index (κ2) is 5.45. The van der Waals surface area contributed by atoms with E-state index >= 15 is 0 Å². The summed E-state index contributed by atoms with van der Waals surface area (Å²) >= 11 is 0. The second-order valence-corrected chi connectivity index (χ2v) is 6.69. The van der Waals surface area contributed by atoms with E-state index in [1.54, 1.807) is 7.11 Å². The van der Waals surface area contributed by atoms with Gasteiger partial charge in [0.25, 0.3) is 0 Å². The molecular formula is C14H30N2O2. The van der Waals surface area contributed by atoms with Crippen LogP contribution in [0.5, 0.6) is 0 Å². The summed E-state index contributed by atoms with van der Waals surface area (Å²) in [5, 5.41) is 0. The summed E-state index contributed by atoms with van der Waals surface area (Å²) in [6, 6.07) is 0. The maximum absolute atomic E-state index is 6.13. The Hall–Kier alpha value is -0.160. The summed E-state index contributed by atoms with van der Waals surface area (Å²) in [5.41, 5.74) is 5.68. The molecule has 4 heteroatoms. The maximum atomic E-state index is 6.13. The molecule has 0 amide bonds. The first-order chi connectivity index (χ1) is 8.20. The number of nitrogens with zero attached hydrogens (tertiary/aromatic N) is 1. The molecule has 0 aromatic carbocycles. The normalized spacial score (nSPS) is 26.8. The summed E-state index contributed by atoms with van der Waals surface area (Å²) in [4.78, 5) is 2.46. The molecule has 1 aliphatic rings. The van der Waals surface area contributed by atoms with E-state index in [0.29, 0.717) is 13.2 Å². The molecule has 1 atom stereocenters. The van der Waals surface area contributed by atoms with E-state index in [4.69, 9.17) is 15.2 Å². The monoisotopic (exact) mass is 258 g/mol. The fourth-order valence-corrected chi connectivity index (χ4v) is 3.14. The van der Waals surface area contributed by atoms with Crippen LogP contribution in [0.25, 0.3) is 0 Å². The van der Waals surface area contributed by atoms with Crippen LogP contribution in [0.15, 0.2) is 0 Å². The lowest BCUT2D eigenvalue weighted by atomic mass is 9.88. The van der Waals surface area contributed by atoms with Crippen molar-refractivity contribution in [2.45, 2.75) is 57.8 Å². The molecule has 0 spiro atoms. The minimum atomic E-state index is -0.148. The van der Waals surface area contributed by atoms with Crippen LogP contribution < -0.4 is 5.73 Å². The fraction of sp³-hybridized carbons (Fsp3) is 1.00. The number of rotatable bonds is 5. The molecule has 0 saturated carbocycles. The van der Waals surface area contributed by atoms with E-state index in [9.17, 15) is 0 Å². The van der Waals surface area contributed by atoms with E-state index in [0.717, 1.165) is 19.5 Å². The van der Waals surface area contributed by atoms with E-state index in [1.807, 2.05) is 0 Å². The molecule has 1 aliphatic heterocycles. The Morgan fingerprint density at radius 3 is 2.06 bits per heavy atom. The number of methoxy groups -OCH3 is 1. The lowest BCUT2D eigenvalue weighted by Gasteiger charge is -2.54. The van der Waals surface area contributed by atoms with Gasteiger partial charge in [-0.2, -0.15) is 0 Å². The maximum Gasteiger partial charge on any atom is 0.0761 e. The van der Waals surface area contributed by atoms with Gasteiger partial charge in [-0.05, 0) is 34.1 Å². The molecule has 0 radical (unpaired) electrons. The van der Waals surface area contributed by atoms with Gasteiger partial charge in [0.15, 0.2) is 0 Å². The number of nitrogens with two attached hydrogens (primary N) is 1. The standard InChI is InChI=1S/C14H30N2O2/c1-7-14(8-15,11-17-6)16-9-12(2,3)18-13(4,5)10-16/h7-11,15H2,1-6H3. The predicted molar refractivity (Wildman–Crippen MR) is 74.8 cm³/mol. The molecule has 0 aromatic rings. The van der Waals surface area contributed by atoms with Crippen LogP contribution in [0.1, 0.15) is 41.0 Å². The predicted octanol–water partition coefficient (Wildman–Crippen LogP) is 1.63. The van der Waals surface area contributed by atoms with Gasteiger partial charge in [0.1, 0.15) is 0 Å². The zero-order chi connectivity index (χ0) is 14.0. The van der Waals surface area contributed by atoms with Crippen molar-refractivity contribution in [1.29, 1.82) is 0 Å². The highest BCUT2D eigenvalue weighted by Gasteiger charge is 2.45. The summed E-state index contributed by atoms with van der Waals surface area (Å²) in [5.74, 6) is 0. The Kier molecular flexibility index (Phi) is 4.81. The molecule has 1 unspecified atom stereocenters. The van der Waals surface area contributed by atoms with Gasteiger partial charge >= 0.3 is 0 Å². The van der Waals surface area contributed by atoms with Crippen LogP contribution >= 0.6 is 0 Å². The molecule has 1 saturated heterocycles. The molecule has 4 nitrogen and oxygen atoms in total. The average molecular weight is 258 g/mol. The van der Waals surface area contributed by atoms with Gasteiger partial charge in [0, 0.05) is 26.7 Å². The Balaban J connectivity index is 2.97. The first-order valence-corrected chi connectivity index (χ1v) is 6.84. The van der Waals surface area contributed by atoms with E-state index in [-0.39, 0.29) is 16.7 Å². The van der Waals surface area contributed by atoms with Crippen LogP contribution in [-0.2, 0) is 9.47 Å². The van der Waals surface area contributed by atoms with Crippen LogP contribution in [0.2, 0.25) is 0 Å². The highest BCUT2D eigenvalue weighted by molar-refractivity contribution is 4.99. The van der Waals surface area contributed by atoms with E-state index in [1.165, 1.54) is 0 Å². The lowest BCUT2D eigenvalue weighted by molar-refractivity contribution is -0.203. The van der Waals surface area contributed by atoms with Crippen LogP contribution in [0.4, 0.5) is 0 Å². The largest absolute Gasteiger partial charge is 0.383 e. The molecule has 1 fully saturated rings. The average Bonchev–Trinajstić information content (AvgIpc) is 2.21. The van der Waals surface area contributed by atoms with Crippen molar-refractivity contribution < 1.29 is 9.47 Å². The zero-order valence-electron chi connectivity index (χ0n) is 12.9. The van der Waals surface area contributed by atoms with Crippen molar-refractivity contribution >= 4 is 0 Å². The topological polar surface area (TPSA) is 47.7 Å². The number of hydrogen-bond acceptors (Lipinski definition) is 4. The van der Waals surface area contributed by atoms with Crippen molar-refractivity contribution in [3.63, 3.8) is 0 Å². The number of ether oxygens (including phenoxy) is 2. The second-order valence-electron chi connectivity index (χ2n) is 6.69. The minimum Gasteiger partial charge on any atom is -0.383 e. The van der Waals surface area contributed by atoms with Crippen molar-refractivity contribution in [1.82, 2.24) is 4.90 Å². The quantitative estimate of drug-likeness (QED) is 0.814. The SMILES string of the molecule is CCC(CN)(COC)N1CC(C)(C)OC(C)(C)C1. The number of morpholine rings is 1. The van der Waals surface area contributed by atoms with Crippen molar-refractivity contribution in [2.75, 3.05) is 33.4 Å². The lowest BCUT2D eigenvalue weighted by Crippen LogP contribution is -2.67. The third kappa shape index (κ3) is 3.44. The fourth-order valence-electron chi connectivity index (χ4n) is 3.14. The molecule has 0 bridgehead atoms. The van der Waals surface area contributed by atoms with Crippen molar-refractivity contribution in [2.24, 2.45) is 5.73 Å². The summed E-state index contributed by atoms with van der Waals surface area (Å²) < 4.78 is 11.5. The summed E-state index contributed by atoms with van der Waals surface area (Å²) in [6.45, 7) is 13.8. The molecule has 1 rings (SSSR count). The third-order valence-corrected chi connectivity index (χ3v) is 3.82. The molecule has 18 heavy (non-hydrogen) atoms. The molecule has 2 N–H and O–H groups in total. The van der Waals surface area contributed by atoms with Crippen LogP contribution in [0, 0.1) is 0 Å². The Labute approximate surface area is 112 Å². The highest BCUT2D eigenvalue weighted by atomic mass is 16.5.